The summed E-state index contributed by atoms with van der Waals surface area (Å²) in [5, 5.41) is 1.07. The molecule has 174 valence electrons. The average Bonchev–Trinajstić information content (AvgIpc) is 3.38. The summed E-state index contributed by atoms with van der Waals surface area (Å²) in [4.78, 5) is 19.8. The summed E-state index contributed by atoms with van der Waals surface area (Å²) in [6.45, 7) is 6.58. The summed E-state index contributed by atoms with van der Waals surface area (Å²) in [5.74, 6) is 0. The molecule has 0 aliphatic carbocycles. The van der Waals surface area contributed by atoms with Gasteiger partial charge in [-0.25, -0.2) is 4.98 Å². The molecule has 0 unspecified atom stereocenters. The number of fused-ring (bicyclic) bond motifs is 1. The Kier molecular flexibility index (Phi) is 5.82. The molecule has 6 nitrogen and oxygen atoms in total. The fraction of sp³-hybridized carbons (Fsp3) is 0.207. The molecule has 1 fully saturated rings. The molecule has 1 aliphatic rings. The molecule has 0 spiro atoms. The van der Waals surface area contributed by atoms with Gasteiger partial charge < -0.3 is 9.72 Å². The highest BCUT2D eigenvalue weighted by atomic mass is 16.5. The summed E-state index contributed by atoms with van der Waals surface area (Å²) < 4.78 is 5.46. The SMILES string of the molecule is Cc1cccc(-c2cc(-c3cncc(-c4ccc(CN5CCOCC5)cc4)c3)c3cc[nH]c3n2)n1. The number of benzene rings is 1. The Morgan fingerprint density at radius 1 is 0.857 bits per heavy atom. The number of aromatic amines is 1. The van der Waals surface area contributed by atoms with Crippen molar-refractivity contribution < 1.29 is 4.74 Å². The van der Waals surface area contributed by atoms with Crippen molar-refractivity contribution in [2.24, 2.45) is 0 Å². The maximum Gasteiger partial charge on any atom is 0.138 e. The van der Waals surface area contributed by atoms with Gasteiger partial charge in [-0.3, -0.25) is 14.9 Å². The zero-order valence-electron chi connectivity index (χ0n) is 19.7. The van der Waals surface area contributed by atoms with E-state index in [1.807, 2.05) is 43.7 Å². The van der Waals surface area contributed by atoms with Crippen molar-refractivity contribution in [2.75, 3.05) is 26.3 Å². The predicted molar refractivity (Wildman–Crippen MR) is 139 cm³/mol. The predicted octanol–water partition coefficient (Wildman–Crippen LogP) is 5.49. The van der Waals surface area contributed by atoms with Crippen LogP contribution in [-0.4, -0.2) is 51.1 Å². The van der Waals surface area contributed by atoms with Crippen LogP contribution in [0.4, 0.5) is 0 Å². The van der Waals surface area contributed by atoms with Crippen LogP contribution in [0.1, 0.15) is 11.3 Å². The lowest BCUT2D eigenvalue weighted by molar-refractivity contribution is 0.0342. The molecule has 35 heavy (non-hydrogen) atoms. The highest BCUT2D eigenvalue weighted by molar-refractivity contribution is 5.95. The lowest BCUT2D eigenvalue weighted by atomic mass is 9.99. The van der Waals surface area contributed by atoms with E-state index in [0.717, 1.165) is 83.2 Å². The number of rotatable bonds is 5. The Labute approximate surface area is 204 Å². The van der Waals surface area contributed by atoms with Gasteiger partial charge in [0, 0.05) is 60.4 Å². The molecule has 6 rings (SSSR count). The van der Waals surface area contributed by atoms with Crippen LogP contribution in [-0.2, 0) is 11.3 Å². The summed E-state index contributed by atoms with van der Waals surface area (Å²) >= 11 is 0. The topological polar surface area (TPSA) is 66.9 Å². The molecular formula is C29H27N5O. The standard InChI is InChI=1S/C29H27N5O/c1-20-3-2-4-27(32-20)28-16-26(25-9-10-31-29(25)33-28)24-15-23(17-30-18-24)22-7-5-21(6-8-22)19-34-11-13-35-14-12-34/h2-10,15-18H,11-14,19H2,1H3,(H,31,33). The number of H-pyrrole nitrogens is 1. The highest BCUT2D eigenvalue weighted by Gasteiger charge is 2.13. The second-order valence-corrected chi connectivity index (χ2v) is 9.01. The Morgan fingerprint density at radius 2 is 1.69 bits per heavy atom. The van der Waals surface area contributed by atoms with Gasteiger partial charge in [0.1, 0.15) is 5.65 Å². The van der Waals surface area contributed by atoms with Crippen LogP contribution >= 0.6 is 0 Å². The Hall–Kier alpha value is -3.87. The second kappa shape index (κ2) is 9.41. The summed E-state index contributed by atoms with van der Waals surface area (Å²) in [5.41, 5.74) is 9.24. The van der Waals surface area contributed by atoms with Gasteiger partial charge in [-0.1, -0.05) is 30.3 Å². The van der Waals surface area contributed by atoms with Crippen LogP contribution < -0.4 is 0 Å². The van der Waals surface area contributed by atoms with Crippen LogP contribution in [0, 0.1) is 6.92 Å². The first kappa shape index (κ1) is 21.6. The highest BCUT2D eigenvalue weighted by Crippen LogP contribution is 2.33. The molecule has 5 heterocycles. The van der Waals surface area contributed by atoms with Crippen molar-refractivity contribution in [1.82, 2.24) is 24.8 Å². The third-order valence-electron chi connectivity index (χ3n) is 6.53. The number of hydrogen-bond donors (Lipinski definition) is 1. The van der Waals surface area contributed by atoms with Gasteiger partial charge >= 0.3 is 0 Å². The van der Waals surface area contributed by atoms with E-state index in [-0.39, 0.29) is 0 Å². The first-order valence-electron chi connectivity index (χ1n) is 12.0. The molecule has 0 atom stereocenters. The third-order valence-corrected chi connectivity index (χ3v) is 6.53. The molecule has 1 N–H and O–H groups in total. The zero-order chi connectivity index (χ0) is 23.6. The molecule has 4 aromatic heterocycles. The van der Waals surface area contributed by atoms with Crippen LogP contribution in [0.15, 0.2) is 79.3 Å². The molecule has 1 saturated heterocycles. The largest absolute Gasteiger partial charge is 0.379 e. The van der Waals surface area contributed by atoms with Gasteiger partial charge in [-0.15, -0.1) is 0 Å². The van der Waals surface area contributed by atoms with Crippen molar-refractivity contribution >= 4 is 11.0 Å². The van der Waals surface area contributed by atoms with E-state index in [1.54, 1.807) is 0 Å². The number of nitrogens with one attached hydrogen (secondary N) is 1. The molecule has 0 bridgehead atoms. The van der Waals surface area contributed by atoms with Crippen LogP contribution in [0.2, 0.25) is 0 Å². The Balaban J connectivity index is 1.33. The first-order chi connectivity index (χ1) is 17.2. The van der Waals surface area contributed by atoms with E-state index in [2.05, 4.69) is 62.3 Å². The van der Waals surface area contributed by atoms with E-state index < -0.39 is 0 Å². The Bertz CT molecular complexity index is 1470. The number of hydrogen-bond acceptors (Lipinski definition) is 5. The van der Waals surface area contributed by atoms with Gasteiger partial charge in [0.05, 0.1) is 24.6 Å². The number of aromatic nitrogens is 4. The van der Waals surface area contributed by atoms with Gasteiger partial charge in [0.2, 0.25) is 0 Å². The minimum absolute atomic E-state index is 0.821. The molecule has 6 heteroatoms. The van der Waals surface area contributed by atoms with Crippen molar-refractivity contribution in [3.8, 4) is 33.6 Å². The second-order valence-electron chi connectivity index (χ2n) is 9.01. The van der Waals surface area contributed by atoms with Gasteiger partial charge in [-0.2, -0.15) is 0 Å². The number of aryl methyl sites for hydroxylation is 1. The van der Waals surface area contributed by atoms with Crippen LogP contribution in [0.3, 0.4) is 0 Å². The van der Waals surface area contributed by atoms with E-state index in [0.29, 0.717) is 0 Å². The van der Waals surface area contributed by atoms with Gasteiger partial charge in [0.25, 0.3) is 0 Å². The molecule has 0 saturated carbocycles. The van der Waals surface area contributed by atoms with Crippen molar-refractivity contribution in [1.29, 1.82) is 0 Å². The molecular weight excluding hydrogens is 434 g/mol. The lowest BCUT2D eigenvalue weighted by Gasteiger charge is -2.26. The number of ether oxygens (including phenoxy) is 1. The third kappa shape index (κ3) is 4.58. The number of nitrogens with zero attached hydrogens (tertiary/aromatic N) is 4. The van der Waals surface area contributed by atoms with E-state index >= 15 is 0 Å². The van der Waals surface area contributed by atoms with E-state index in [1.165, 1.54) is 5.56 Å². The number of pyridine rings is 3. The minimum atomic E-state index is 0.821. The van der Waals surface area contributed by atoms with Gasteiger partial charge in [0.15, 0.2) is 0 Å². The molecule has 5 aromatic rings. The van der Waals surface area contributed by atoms with Crippen molar-refractivity contribution in [3.63, 3.8) is 0 Å². The number of morpholine rings is 1. The van der Waals surface area contributed by atoms with Crippen LogP contribution in [0.5, 0.6) is 0 Å². The minimum Gasteiger partial charge on any atom is -0.379 e. The smallest absolute Gasteiger partial charge is 0.138 e. The lowest BCUT2D eigenvalue weighted by Crippen LogP contribution is -2.35. The zero-order valence-corrected chi connectivity index (χ0v) is 19.7. The fourth-order valence-electron chi connectivity index (χ4n) is 4.66. The molecule has 0 radical (unpaired) electrons. The summed E-state index contributed by atoms with van der Waals surface area (Å²) in [7, 11) is 0. The maximum absolute atomic E-state index is 5.46. The first-order valence-corrected chi connectivity index (χ1v) is 12.0. The molecule has 1 aromatic carbocycles. The summed E-state index contributed by atoms with van der Waals surface area (Å²) in [6.07, 6.45) is 5.78. The summed E-state index contributed by atoms with van der Waals surface area (Å²) in [6, 6.07) is 21.2. The van der Waals surface area contributed by atoms with Gasteiger partial charge in [-0.05, 0) is 53.9 Å². The average molecular weight is 462 g/mol. The van der Waals surface area contributed by atoms with Crippen molar-refractivity contribution in [3.05, 3.63) is 90.5 Å². The van der Waals surface area contributed by atoms with Crippen molar-refractivity contribution in [2.45, 2.75) is 13.5 Å². The Morgan fingerprint density at radius 3 is 2.51 bits per heavy atom. The van der Waals surface area contributed by atoms with E-state index in [4.69, 9.17) is 9.72 Å². The van der Waals surface area contributed by atoms with Crippen LogP contribution in [0.25, 0.3) is 44.7 Å². The molecule has 1 aliphatic heterocycles. The normalized spacial score (nSPS) is 14.4. The molecule has 0 amide bonds. The maximum atomic E-state index is 5.46. The quantitative estimate of drug-likeness (QED) is 0.375. The van der Waals surface area contributed by atoms with E-state index in [9.17, 15) is 0 Å². The fourth-order valence-corrected chi connectivity index (χ4v) is 4.66. The monoisotopic (exact) mass is 461 g/mol.